The van der Waals surface area contributed by atoms with Crippen LogP contribution in [0.1, 0.15) is 6.42 Å². The SMILES string of the molecule is O=C1CCNCC2C3=C(C=CC12)C=NC3. The summed E-state index contributed by atoms with van der Waals surface area (Å²) in [6.07, 6.45) is 6.72. The zero-order valence-corrected chi connectivity index (χ0v) is 8.57. The predicted octanol–water partition coefficient (Wildman–Crippen LogP) is 0.732. The van der Waals surface area contributed by atoms with Crippen LogP contribution in [0.25, 0.3) is 0 Å². The van der Waals surface area contributed by atoms with Gasteiger partial charge in [0.2, 0.25) is 0 Å². The van der Waals surface area contributed by atoms with Crippen LogP contribution < -0.4 is 5.32 Å². The molecular weight excluding hydrogens is 188 g/mol. The van der Waals surface area contributed by atoms with Gasteiger partial charge in [-0.15, -0.1) is 0 Å². The number of hydrogen-bond acceptors (Lipinski definition) is 3. The van der Waals surface area contributed by atoms with Crippen LogP contribution in [0.3, 0.4) is 0 Å². The molecule has 2 heterocycles. The second-order valence-electron chi connectivity index (χ2n) is 4.36. The maximum Gasteiger partial charge on any atom is 0.141 e. The Hall–Kier alpha value is -1.22. The first kappa shape index (κ1) is 9.04. The zero-order valence-electron chi connectivity index (χ0n) is 8.57. The van der Waals surface area contributed by atoms with Gasteiger partial charge in [0.1, 0.15) is 5.78 Å². The van der Waals surface area contributed by atoms with Crippen molar-refractivity contribution < 1.29 is 4.79 Å². The first-order valence-electron chi connectivity index (χ1n) is 5.51. The van der Waals surface area contributed by atoms with Gasteiger partial charge >= 0.3 is 0 Å². The lowest BCUT2D eigenvalue weighted by atomic mass is 9.78. The summed E-state index contributed by atoms with van der Waals surface area (Å²) in [4.78, 5) is 16.2. The summed E-state index contributed by atoms with van der Waals surface area (Å²) >= 11 is 0. The summed E-state index contributed by atoms with van der Waals surface area (Å²) in [5.74, 6) is 0.822. The summed E-state index contributed by atoms with van der Waals surface area (Å²) in [6, 6.07) is 0. The fourth-order valence-corrected chi connectivity index (χ4v) is 2.67. The van der Waals surface area contributed by atoms with E-state index in [1.165, 1.54) is 11.1 Å². The molecule has 0 radical (unpaired) electrons. The third-order valence-corrected chi connectivity index (χ3v) is 3.51. The standard InChI is InChI=1S/C12H14N2O/c15-12-3-4-13-7-11-9(12)2-1-8-5-14-6-10(8)11/h1-2,5,9,11,13H,3-4,6-7H2. The van der Waals surface area contributed by atoms with Crippen LogP contribution in [0.2, 0.25) is 0 Å². The van der Waals surface area contributed by atoms with Gasteiger partial charge in [-0.2, -0.15) is 0 Å². The first-order chi connectivity index (χ1) is 7.36. The van der Waals surface area contributed by atoms with Gasteiger partial charge in [-0.1, -0.05) is 12.2 Å². The van der Waals surface area contributed by atoms with E-state index in [0.717, 1.165) is 19.6 Å². The molecule has 2 atom stereocenters. The molecular formula is C12H14N2O. The summed E-state index contributed by atoms with van der Waals surface area (Å²) in [5, 5.41) is 3.35. The molecule has 1 fully saturated rings. The molecule has 78 valence electrons. The lowest BCUT2D eigenvalue weighted by Crippen LogP contribution is -2.30. The smallest absolute Gasteiger partial charge is 0.141 e. The summed E-state index contributed by atoms with van der Waals surface area (Å²) in [7, 11) is 0. The molecule has 3 rings (SSSR count). The lowest BCUT2D eigenvalue weighted by molar-refractivity contribution is -0.121. The van der Waals surface area contributed by atoms with Gasteiger partial charge in [0, 0.05) is 37.6 Å². The van der Waals surface area contributed by atoms with Crippen molar-refractivity contribution in [1.82, 2.24) is 5.32 Å². The highest BCUT2D eigenvalue weighted by Crippen LogP contribution is 2.33. The van der Waals surface area contributed by atoms with E-state index < -0.39 is 0 Å². The third kappa shape index (κ3) is 1.38. The number of ketones is 1. The van der Waals surface area contributed by atoms with E-state index >= 15 is 0 Å². The first-order valence-corrected chi connectivity index (χ1v) is 5.51. The van der Waals surface area contributed by atoms with Crippen molar-refractivity contribution in [2.24, 2.45) is 16.8 Å². The van der Waals surface area contributed by atoms with Crippen molar-refractivity contribution in [1.29, 1.82) is 0 Å². The summed E-state index contributed by atoms with van der Waals surface area (Å²) in [5.41, 5.74) is 2.58. The number of carbonyl (C=O) groups excluding carboxylic acids is 1. The largest absolute Gasteiger partial charge is 0.316 e. The molecule has 0 bridgehead atoms. The number of carbonyl (C=O) groups is 1. The van der Waals surface area contributed by atoms with Crippen LogP contribution >= 0.6 is 0 Å². The second-order valence-corrected chi connectivity index (χ2v) is 4.36. The Morgan fingerprint density at radius 2 is 2.40 bits per heavy atom. The van der Waals surface area contributed by atoms with Gasteiger partial charge in [0.15, 0.2) is 0 Å². The minimum atomic E-state index is 0.0976. The number of aliphatic imine (C=N–C) groups is 1. The minimum Gasteiger partial charge on any atom is -0.316 e. The van der Waals surface area contributed by atoms with Crippen molar-refractivity contribution >= 4 is 12.0 Å². The predicted molar refractivity (Wildman–Crippen MR) is 59.0 cm³/mol. The molecule has 0 aromatic rings. The van der Waals surface area contributed by atoms with Gasteiger partial charge in [-0.25, -0.2) is 0 Å². The van der Waals surface area contributed by atoms with E-state index in [1.54, 1.807) is 0 Å². The number of nitrogens with zero attached hydrogens (tertiary/aromatic N) is 1. The molecule has 0 saturated carbocycles. The molecule has 3 nitrogen and oxygen atoms in total. The molecule has 3 heteroatoms. The minimum absolute atomic E-state index is 0.0976. The molecule has 2 unspecified atom stereocenters. The van der Waals surface area contributed by atoms with Gasteiger partial charge in [0.05, 0.1) is 6.54 Å². The fourth-order valence-electron chi connectivity index (χ4n) is 2.67. The second kappa shape index (κ2) is 3.42. The topological polar surface area (TPSA) is 41.5 Å². The van der Waals surface area contributed by atoms with Crippen molar-refractivity contribution in [3.8, 4) is 0 Å². The monoisotopic (exact) mass is 202 g/mol. The third-order valence-electron chi connectivity index (χ3n) is 3.51. The highest BCUT2D eigenvalue weighted by molar-refractivity contribution is 5.90. The van der Waals surface area contributed by atoms with Crippen LogP contribution in [-0.4, -0.2) is 31.6 Å². The number of allylic oxidation sites excluding steroid dienone is 3. The maximum absolute atomic E-state index is 11.9. The average molecular weight is 202 g/mol. The van der Waals surface area contributed by atoms with Crippen LogP contribution in [0.15, 0.2) is 28.3 Å². The highest BCUT2D eigenvalue weighted by Gasteiger charge is 2.34. The van der Waals surface area contributed by atoms with Crippen molar-refractivity contribution in [2.75, 3.05) is 19.6 Å². The van der Waals surface area contributed by atoms with E-state index in [1.807, 2.05) is 6.21 Å². The van der Waals surface area contributed by atoms with Crippen LogP contribution in [0, 0.1) is 11.8 Å². The van der Waals surface area contributed by atoms with Crippen LogP contribution in [0.4, 0.5) is 0 Å². The van der Waals surface area contributed by atoms with Crippen molar-refractivity contribution in [2.45, 2.75) is 6.42 Å². The molecule has 1 saturated heterocycles. The maximum atomic E-state index is 11.9. The number of rotatable bonds is 0. The van der Waals surface area contributed by atoms with E-state index in [-0.39, 0.29) is 5.92 Å². The Kier molecular flexibility index (Phi) is 2.06. The van der Waals surface area contributed by atoms with Gasteiger partial charge in [-0.05, 0) is 11.1 Å². The zero-order chi connectivity index (χ0) is 10.3. The quantitative estimate of drug-likeness (QED) is 0.629. The molecule has 0 amide bonds. The number of Topliss-reactive ketones (excluding diaryl/α,β-unsaturated/α-hetero) is 1. The van der Waals surface area contributed by atoms with Crippen LogP contribution in [-0.2, 0) is 4.79 Å². The van der Waals surface area contributed by atoms with Gasteiger partial charge < -0.3 is 5.32 Å². The Morgan fingerprint density at radius 1 is 1.47 bits per heavy atom. The van der Waals surface area contributed by atoms with Crippen molar-refractivity contribution in [3.63, 3.8) is 0 Å². The van der Waals surface area contributed by atoms with E-state index in [0.29, 0.717) is 18.1 Å². The van der Waals surface area contributed by atoms with Crippen molar-refractivity contribution in [3.05, 3.63) is 23.3 Å². The molecule has 3 aliphatic rings. The molecule has 1 aliphatic carbocycles. The molecule has 1 N–H and O–H groups in total. The van der Waals surface area contributed by atoms with Crippen LogP contribution in [0.5, 0.6) is 0 Å². The van der Waals surface area contributed by atoms with Gasteiger partial charge in [0.25, 0.3) is 0 Å². The molecule has 15 heavy (non-hydrogen) atoms. The number of nitrogens with one attached hydrogen (secondary N) is 1. The summed E-state index contributed by atoms with van der Waals surface area (Å²) in [6.45, 7) is 2.53. The molecule has 0 aromatic carbocycles. The van der Waals surface area contributed by atoms with Gasteiger partial charge in [-0.3, -0.25) is 9.79 Å². The normalized spacial score (nSPS) is 34.0. The summed E-state index contributed by atoms with van der Waals surface area (Å²) < 4.78 is 0. The molecule has 0 aromatic heterocycles. The number of fused-ring (bicyclic) bond motifs is 2. The average Bonchev–Trinajstić information content (AvgIpc) is 2.64. The molecule has 0 spiro atoms. The Labute approximate surface area is 89.0 Å². The van der Waals surface area contributed by atoms with E-state index in [4.69, 9.17) is 0 Å². The Balaban J connectivity index is 1.96. The Bertz CT molecular complexity index is 392. The Morgan fingerprint density at radius 3 is 3.33 bits per heavy atom. The lowest BCUT2D eigenvalue weighted by Gasteiger charge is -2.26. The van der Waals surface area contributed by atoms with E-state index in [9.17, 15) is 4.79 Å². The van der Waals surface area contributed by atoms with E-state index in [2.05, 4.69) is 22.5 Å². The number of hydrogen-bond donors (Lipinski definition) is 1. The highest BCUT2D eigenvalue weighted by atomic mass is 16.1. The fraction of sp³-hybridized carbons (Fsp3) is 0.500. The molecule has 2 aliphatic heterocycles.